The van der Waals surface area contributed by atoms with Crippen molar-refractivity contribution in [2.45, 2.75) is 50.8 Å². The van der Waals surface area contributed by atoms with Gasteiger partial charge in [-0.15, -0.1) is 0 Å². The number of sulfonamides is 1. The molecule has 0 N–H and O–H groups in total. The molecule has 1 atom stereocenters. The molecule has 176 valence electrons. The zero-order valence-electron chi connectivity index (χ0n) is 19.2. The highest BCUT2D eigenvalue weighted by Gasteiger charge is 2.40. The van der Waals surface area contributed by atoms with Gasteiger partial charge >= 0.3 is 0 Å². The number of hydrogen-bond acceptors (Lipinski definition) is 4. The third-order valence-electron chi connectivity index (χ3n) is 7.18. The smallest absolute Gasteiger partial charge is 0.217 e. The Morgan fingerprint density at radius 2 is 1.88 bits per heavy atom. The first-order valence-electron chi connectivity index (χ1n) is 11.9. The van der Waals surface area contributed by atoms with Crippen LogP contribution >= 0.6 is 0 Å². The van der Waals surface area contributed by atoms with Gasteiger partial charge in [0.15, 0.2) is 0 Å². The molecule has 0 unspecified atom stereocenters. The molecule has 1 saturated carbocycles. The predicted octanol–water partition coefficient (Wildman–Crippen LogP) is 4.42. The standard InChI is InChI=1S/C25H31FN4O2S/c1-3-11-28-12-13-29(33(31,32)22-5-4-6-22)17-25(28)23-15-19-16-27-30(24(19)14-18(23)2)21-9-7-20(26)8-10-21/h7-10,14-16,22,25H,3-6,11-13,17H2,1-2H3/t25-/m1/s1. The van der Waals surface area contributed by atoms with Gasteiger partial charge in [0, 0.05) is 31.1 Å². The van der Waals surface area contributed by atoms with Crippen LogP contribution < -0.4 is 0 Å². The summed E-state index contributed by atoms with van der Waals surface area (Å²) in [5.41, 5.74) is 4.03. The van der Waals surface area contributed by atoms with Crippen molar-refractivity contribution in [2.24, 2.45) is 0 Å². The number of nitrogens with zero attached hydrogens (tertiary/aromatic N) is 4. The normalized spacial score (nSPS) is 20.9. The maximum Gasteiger partial charge on any atom is 0.217 e. The van der Waals surface area contributed by atoms with Crippen molar-refractivity contribution in [2.75, 3.05) is 26.2 Å². The average molecular weight is 471 g/mol. The van der Waals surface area contributed by atoms with E-state index >= 15 is 0 Å². The first kappa shape index (κ1) is 22.5. The van der Waals surface area contributed by atoms with E-state index in [1.807, 2.05) is 10.9 Å². The molecule has 8 heteroatoms. The summed E-state index contributed by atoms with van der Waals surface area (Å²) in [6.45, 7) is 7.00. The van der Waals surface area contributed by atoms with Gasteiger partial charge < -0.3 is 0 Å². The zero-order chi connectivity index (χ0) is 23.2. The van der Waals surface area contributed by atoms with Crippen molar-refractivity contribution in [3.63, 3.8) is 0 Å². The van der Waals surface area contributed by atoms with Crippen LogP contribution in [0.15, 0.2) is 42.6 Å². The fraction of sp³-hybridized carbons (Fsp3) is 0.480. The maximum absolute atomic E-state index is 13.4. The van der Waals surface area contributed by atoms with E-state index in [2.05, 4.69) is 36.0 Å². The van der Waals surface area contributed by atoms with E-state index in [0.29, 0.717) is 13.1 Å². The lowest BCUT2D eigenvalue weighted by molar-refractivity contribution is 0.116. The van der Waals surface area contributed by atoms with Crippen molar-refractivity contribution < 1.29 is 12.8 Å². The molecule has 3 aromatic rings. The minimum atomic E-state index is -3.24. The van der Waals surface area contributed by atoms with Crippen molar-refractivity contribution in [1.29, 1.82) is 0 Å². The lowest BCUT2D eigenvalue weighted by Crippen LogP contribution is -2.53. The van der Waals surface area contributed by atoms with Gasteiger partial charge in [-0.1, -0.05) is 13.3 Å². The van der Waals surface area contributed by atoms with Crippen LogP contribution in [0.4, 0.5) is 4.39 Å². The van der Waals surface area contributed by atoms with Crippen LogP contribution in [0.2, 0.25) is 0 Å². The van der Waals surface area contributed by atoms with Gasteiger partial charge in [-0.25, -0.2) is 17.5 Å². The molecule has 1 aliphatic heterocycles. The first-order chi connectivity index (χ1) is 15.9. The lowest BCUT2D eigenvalue weighted by atomic mass is 9.96. The topological polar surface area (TPSA) is 58.4 Å². The van der Waals surface area contributed by atoms with Gasteiger partial charge in [0.25, 0.3) is 0 Å². The SMILES string of the molecule is CCCN1CCN(S(=O)(=O)C2CCC2)C[C@@H]1c1cc2cnn(-c3ccc(F)cc3)c2cc1C. The summed E-state index contributed by atoms with van der Waals surface area (Å²) >= 11 is 0. The summed E-state index contributed by atoms with van der Waals surface area (Å²) in [7, 11) is -3.24. The minimum Gasteiger partial charge on any atom is -0.294 e. The highest BCUT2D eigenvalue weighted by atomic mass is 32.2. The Labute approximate surface area is 195 Å². The molecule has 1 saturated heterocycles. The minimum absolute atomic E-state index is 0.0205. The fourth-order valence-corrected chi connectivity index (χ4v) is 7.13. The Morgan fingerprint density at radius 1 is 1.12 bits per heavy atom. The quantitative estimate of drug-likeness (QED) is 0.535. The van der Waals surface area contributed by atoms with Crippen LogP contribution in [-0.2, 0) is 10.0 Å². The average Bonchev–Trinajstić information content (AvgIpc) is 3.15. The Morgan fingerprint density at radius 3 is 2.55 bits per heavy atom. The van der Waals surface area contributed by atoms with E-state index < -0.39 is 10.0 Å². The molecule has 2 aromatic carbocycles. The second-order valence-corrected chi connectivity index (χ2v) is 11.5. The van der Waals surface area contributed by atoms with Crippen LogP contribution in [0, 0.1) is 12.7 Å². The van der Waals surface area contributed by atoms with Crippen molar-refractivity contribution in [3.05, 3.63) is 59.5 Å². The van der Waals surface area contributed by atoms with Gasteiger partial charge in [0.2, 0.25) is 10.0 Å². The molecule has 0 spiro atoms. The predicted molar refractivity (Wildman–Crippen MR) is 129 cm³/mol. The van der Waals surface area contributed by atoms with E-state index in [4.69, 9.17) is 0 Å². The number of fused-ring (bicyclic) bond motifs is 1. The Hall–Kier alpha value is -2.29. The molecular weight excluding hydrogens is 439 g/mol. The number of aryl methyl sites for hydroxylation is 1. The maximum atomic E-state index is 13.4. The summed E-state index contributed by atoms with van der Waals surface area (Å²) in [5, 5.41) is 5.34. The van der Waals surface area contributed by atoms with Crippen molar-refractivity contribution in [3.8, 4) is 5.69 Å². The van der Waals surface area contributed by atoms with Gasteiger partial charge in [-0.2, -0.15) is 9.40 Å². The Balaban J connectivity index is 1.51. The zero-order valence-corrected chi connectivity index (χ0v) is 20.1. The third-order valence-corrected chi connectivity index (χ3v) is 9.55. The van der Waals surface area contributed by atoms with Crippen LogP contribution in [0.3, 0.4) is 0 Å². The highest BCUT2D eigenvalue weighted by Crippen LogP contribution is 2.35. The molecule has 0 amide bonds. The second kappa shape index (κ2) is 8.81. The van der Waals surface area contributed by atoms with Crippen LogP contribution in [-0.4, -0.2) is 58.8 Å². The Bertz CT molecular complexity index is 1250. The third kappa shape index (κ3) is 4.09. The van der Waals surface area contributed by atoms with E-state index in [1.165, 1.54) is 12.1 Å². The summed E-state index contributed by atoms with van der Waals surface area (Å²) < 4.78 is 43.2. The molecule has 1 aliphatic carbocycles. The summed E-state index contributed by atoms with van der Waals surface area (Å²) in [4.78, 5) is 2.42. The molecule has 5 rings (SSSR count). The summed E-state index contributed by atoms with van der Waals surface area (Å²) in [6.07, 6.45) is 5.44. The van der Waals surface area contributed by atoms with E-state index in [1.54, 1.807) is 16.4 Å². The highest BCUT2D eigenvalue weighted by molar-refractivity contribution is 7.89. The lowest BCUT2D eigenvalue weighted by Gasteiger charge is -2.43. The molecule has 2 aliphatic rings. The first-order valence-corrected chi connectivity index (χ1v) is 13.4. The number of halogens is 1. The molecule has 2 heterocycles. The molecular formula is C25H31FN4O2S. The van der Waals surface area contributed by atoms with E-state index in [-0.39, 0.29) is 17.1 Å². The van der Waals surface area contributed by atoms with E-state index in [0.717, 1.165) is 66.5 Å². The van der Waals surface area contributed by atoms with Gasteiger partial charge in [0.1, 0.15) is 5.82 Å². The Kier molecular flexibility index (Phi) is 6.01. The monoisotopic (exact) mass is 470 g/mol. The van der Waals surface area contributed by atoms with Crippen LogP contribution in [0.1, 0.15) is 49.8 Å². The number of rotatable bonds is 6. The van der Waals surface area contributed by atoms with Gasteiger partial charge in [0.05, 0.1) is 22.7 Å². The molecule has 0 bridgehead atoms. The number of benzene rings is 2. The largest absolute Gasteiger partial charge is 0.294 e. The fourth-order valence-electron chi connectivity index (χ4n) is 5.10. The van der Waals surface area contributed by atoms with Crippen molar-refractivity contribution >= 4 is 20.9 Å². The molecule has 0 radical (unpaired) electrons. The van der Waals surface area contributed by atoms with Gasteiger partial charge in [-0.3, -0.25) is 4.90 Å². The molecule has 2 fully saturated rings. The van der Waals surface area contributed by atoms with Gasteiger partial charge in [-0.05, 0) is 80.3 Å². The second-order valence-electron chi connectivity index (χ2n) is 9.31. The molecule has 33 heavy (non-hydrogen) atoms. The number of piperazine rings is 1. The van der Waals surface area contributed by atoms with Crippen LogP contribution in [0.5, 0.6) is 0 Å². The van der Waals surface area contributed by atoms with Crippen molar-refractivity contribution in [1.82, 2.24) is 19.0 Å². The van der Waals surface area contributed by atoms with Crippen LogP contribution in [0.25, 0.3) is 16.6 Å². The summed E-state index contributed by atoms with van der Waals surface area (Å²) in [5.74, 6) is -0.275. The number of hydrogen-bond donors (Lipinski definition) is 0. The van der Waals surface area contributed by atoms with E-state index in [9.17, 15) is 12.8 Å². The molecule has 6 nitrogen and oxygen atoms in total. The molecule has 1 aromatic heterocycles. The number of aromatic nitrogens is 2. The summed E-state index contributed by atoms with van der Waals surface area (Å²) in [6, 6.07) is 10.6.